The van der Waals surface area contributed by atoms with Gasteiger partial charge in [-0.2, -0.15) is 10.2 Å². The Morgan fingerprint density at radius 3 is 2.74 bits per heavy atom. The van der Waals surface area contributed by atoms with Gasteiger partial charge in [0.05, 0.1) is 6.61 Å². The molecule has 1 aromatic heterocycles. The highest BCUT2D eigenvalue weighted by Gasteiger charge is 2.16. The van der Waals surface area contributed by atoms with E-state index in [-0.39, 0.29) is 17.2 Å². The van der Waals surface area contributed by atoms with Gasteiger partial charge < -0.3 is 4.74 Å². The van der Waals surface area contributed by atoms with E-state index in [0.717, 1.165) is 6.42 Å². The standard InChI is InChI=1S/C16H25N5O2/c1-12(2)11-21(14-6-8-18-13(10-17)19-14)20-15(22)23-9-7-16(3,4)5/h6,8,12H,7,9,11H2,1-5H3,(H,20,22). The Morgan fingerprint density at radius 2 is 2.17 bits per heavy atom. The topological polar surface area (TPSA) is 91.1 Å². The van der Waals surface area contributed by atoms with Crippen molar-refractivity contribution in [3.05, 3.63) is 18.1 Å². The average molecular weight is 319 g/mol. The third-order valence-corrected chi connectivity index (χ3v) is 2.88. The molecule has 0 radical (unpaired) electrons. The number of anilines is 1. The lowest BCUT2D eigenvalue weighted by Crippen LogP contribution is -2.45. The summed E-state index contributed by atoms with van der Waals surface area (Å²) in [7, 11) is 0. The molecule has 0 unspecified atom stereocenters. The summed E-state index contributed by atoms with van der Waals surface area (Å²) in [4.78, 5) is 19.9. The highest BCUT2D eigenvalue weighted by molar-refractivity contribution is 5.69. The zero-order valence-corrected chi connectivity index (χ0v) is 14.5. The fourth-order valence-electron chi connectivity index (χ4n) is 1.71. The molecule has 1 amide bonds. The van der Waals surface area contributed by atoms with Crippen LogP contribution in [0, 0.1) is 22.7 Å². The molecule has 0 atom stereocenters. The van der Waals surface area contributed by atoms with Gasteiger partial charge in [-0.1, -0.05) is 34.6 Å². The lowest BCUT2D eigenvalue weighted by molar-refractivity contribution is 0.130. The summed E-state index contributed by atoms with van der Waals surface area (Å²) < 4.78 is 5.21. The van der Waals surface area contributed by atoms with Gasteiger partial charge in [0.2, 0.25) is 5.82 Å². The Balaban J connectivity index is 2.71. The number of rotatable bonds is 6. The van der Waals surface area contributed by atoms with Gasteiger partial charge in [-0.25, -0.2) is 15.2 Å². The summed E-state index contributed by atoms with van der Waals surface area (Å²) >= 11 is 0. The maximum absolute atomic E-state index is 12.0. The monoisotopic (exact) mass is 319 g/mol. The molecule has 0 bridgehead atoms. The van der Waals surface area contributed by atoms with E-state index < -0.39 is 6.09 Å². The molecule has 1 aromatic rings. The number of hydrazine groups is 1. The van der Waals surface area contributed by atoms with Gasteiger partial charge in [0.25, 0.3) is 0 Å². The Labute approximate surface area is 137 Å². The second-order valence-corrected chi connectivity index (χ2v) is 6.91. The second kappa shape index (κ2) is 8.32. The fourth-order valence-corrected chi connectivity index (χ4v) is 1.71. The molecule has 1 rings (SSSR count). The van der Waals surface area contributed by atoms with Crippen molar-refractivity contribution in [2.75, 3.05) is 18.2 Å². The first-order valence-electron chi connectivity index (χ1n) is 7.65. The first-order chi connectivity index (χ1) is 10.7. The average Bonchev–Trinajstić information content (AvgIpc) is 2.44. The molecule has 126 valence electrons. The highest BCUT2D eigenvalue weighted by atomic mass is 16.6. The van der Waals surface area contributed by atoms with Crippen LogP contribution in [0.1, 0.15) is 46.9 Å². The van der Waals surface area contributed by atoms with Gasteiger partial charge in [-0.3, -0.25) is 5.01 Å². The van der Waals surface area contributed by atoms with Crippen molar-refractivity contribution in [1.29, 1.82) is 5.26 Å². The van der Waals surface area contributed by atoms with Gasteiger partial charge >= 0.3 is 6.09 Å². The van der Waals surface area contributed by atoms with Crippen LogP contribution < -0.4 is 10.4 Å². The predicted molar refractivity (Wildman–Crippen MR) is 87.5 cm³/mol. The zero-order valence-electron chi connectivity index (χ0n) is 14.5. The van der Waals surface area contributed by atoms with Gasteiger partial charge in [-0.05, 0) is 17.8 Å². The van der Waals surface area contributed by atoms with Crippen LogP contribution in [0.25, 0.3) is 0 Å². The number of hydrogen-bond donors (Lipinski definition) is 1. The summed E-state index contributed by atoms with van der Waals surface area (Å²) in [5.74, 6) is 0.794. The molecular formula is C16H25N5O2. The van der Waals surface area contributed by atoms with E-state index >= 15 is 0 Å². The largest absolute Gasteiger partial charge is 0.448 e. The SMILES string of the molecule is CC(C)CN(NC(=O)OCCC(C)(C)C)c1ccnc(C#N)n1. The molecule has 23 heavy (non-hydrogen) atoms. The number of nitrogens with zero attached hydrogens (tertiary/aromatic N) is 4. The van der Waals surface area contributed by atoms with Crippen LogP contribution in [0.15, 0.2) is 12.3 Å². The van der Waals surface area contributed by atoms with Crippen molar-refractivity contribution in [2.45, 2.75) is 41.0 Å². The van der Waals surface area contributed by atoms with E-state index in [0.29, 0.717) is 19.0 Å². The maximum atomic E-state index is 12.0. The summed E-state index contributed by atoms with van der Waals surface area (Å²) in [5, 5.41) is 10.5. The Hall–Kier alpha value is -2.36. The van der Waals surface area contributed by atoms with Crippen molar-refractivity contribution in [2.24, 2.45) is 11.3 Å². The number of ether oxygens (including phenoxy) is 1. The van der Waals surface area contributed by atoms with Crippen molar-refractivity contribution in [3.63, 3.8) is 0 Å². The highest BCUT2D eigenvalue weighted by Crippen LogP contribution is 2.18. The lowest BCUT2D eigenvalue weighted by atomic mass is 9.93. The molecule has 0 aliphatic heterocycles. The molecule has 1 heterocycles. The summed E-state index contributed by atoms with van der Waals surface area (Å²) in [6.45, 7) is 11.2. The van der Waals surface area contributed by atoms with Crippen molar-refractivity contribution < 1.29 is 9.53 Å². The third kappa shape index (κ3) is 7.45. The summed E-state index contributed by atoms with van der Waals surface area (Å²) in [6.07, 6.45) is 1.73. The molecule has 0 saturated heterocycles. The summed E-state index contributed by atoms with van der Waals surface area (Å²) in [5.41, 5.74) is 2.78. The molecule has 1 N–H and O–H groups in total. The minimum atomic E-state index is -0.535. The van der Waals surface area contributed by atoms with Gasteiger partial charge in [0, 0.05) is 18.8 Å². The number of carbonyl (C=O) groups is 1. The second-order valence-electron chi connectivity index (χ2n) is 6.91. The quantitative estimate of drug-likeness (QED) is 0.811. The zero-order chi connectivity index (χ0) is 17.5. The van der Waals surface area contributed by atoms with Gasteiger partial charge in [0.1, 0.15) is 6.07 Å². The predicted octanol–water partition coefficient (Wildman–Crippen LogP) is 2.89. The van der Waals surface area contributed by atoms with Crippen LogP contribution in [0.4, 0.5) is 10.6 Å². The minimum absolute atomic E-state index is 0.0548. The normalized spacial score (nSPS) is 11.0. The number of amides is 1. The fraction of sp³-hybridized carbons (Fsp3) is 0.625. The molecule has 7 heteroatoms. The van der Waals surface area contributed by atoms with Crippen LogP contribution in [-0.2, 0) is 4.74 Å². The van der Waals surface area contributed by atoms with Crippen molar-refractivity contribution in [1.82, 2.24) is 15.4 Å². The van der Waals surface area contributed by atoms with Gasteiger partial charge in [-0.15, -0.1) is 0 Å². The molecule has 0 spiro atoms. The molecule has 0 aromatic carbocycles. The van der Waals surface area contributed by atoms with Crippen LogP contribution in [-0.4, -0.2) is 29.2 Å². The van der Waals surface area contributed by atoms with Crippen molar-refractivity contribution in [3.8, 4) is 6.07 Å². The van der Waals surface area contributed by atoms with Gasteiger partial charge in [0.15, 0.2) is 5.82 Å². The summed E-state index contributed by atoms with van der Waals surface area (Å²) in [6, 6.07) is 3.52. The van der Waals surface area contributed by atoms with Crippen LogP contribution in [0.2, 0.25) is 0 Å². The van der Waals surface area contributed by atoms with Crippen molar-refractivity contribution >= 4 is 11.9 Å². The lowest BCUT2D eigenvalue weighted by Gasteiger charge is -2.26. The Kier molecular flexibility index (Phi) is 6.76. The number of carbonyl (C=O) groups excluding carboxylic acids is 1. The molecule has 0 fully saturated rings. The van der Waals surface area contributed by atoms with Crippen LogP contribution in [0.3, 0.4) is 0 Å². The molecule has 0 aliphatic rings. The first-order valence-corrected chi connectivity index (χ1v) is 7.65. The van der Waals surface area contributed by atoms with E-state index in [1.807, 2.05) is 19.9 Å². The molecular weight excluding hydrogens is 294 g/mol. The Morgan fingerprint density at radius 1 is 1.48 bits per heavy atom. The number of hydrogen-bond acceptors (Lipinski definition) is 6. The van der Waals surface area contributed by atoms with E-state index in [1.165, 1.54) is 6.20 Å². The molecule has 7 nitrogen and oxygen atoms in total. The van der Waals surface area contributed by atoms with E-state index in [2.05, 4.69) is 36.2 Å². The number of nitriles is 1. The van der Waals surface area contributed by atoms with E-state index in [4.69, 9.17) is 10.00 Å². The van der Waals surface area contributed by atoms with Crippen LogP contribution in [0.5, 0.6) is 0 Å². The third-order valence-electron chi connectivity index (χ3n) is 2.88. The van der Waals surface area contributed by atoms with Crippen LogP contribution >= 0.6 is 0 Å². The van der Waals surface area contributed by atoms with E-state index in [1.54, 1.807) is 11.1 Å². The number of aromatic nitrogens is 2. The van der Waals surface area contributed by atoms with E-state index in [9.17, 15) is 4.79 Å². The number of nitrogens with one attached hydrogen (secondary N) is 1. The maximum Gasteiger partial charge on any atom is 0.426 e. The smallest absolute Gasteiger partial charge is 0.426 e. The molecule has 0 aliphatic carbocycles. The molecule has 0 saturated carbocycles. The minimum Gasteiger partial charge on any atom is -0.448 e. The first kappa shape index (κ1) is 18.7. The Bertz CT molecular complexity index is 560.